The number of hydrogen-bond acceptors (Lipinski definition) is 8. The third-order valence-corrected chi connectivity index (χ3v) is 14.9. The first-order valence-electron chi connectivity index (χ1n) is 26.2. The fraction of sp³-hybridized carbons (Fsp3) is 0.648. The van der Waals surface area contributed by atoms with Gasteiger partial charge in [-0.25, -0.2) is 9.48 Å². The number of aryl methyl sites for hydroxylation is 1. The molecule has 2 N–H and O–H groups in total. The van der Waals surface area contributed by atoms with Crippen molar-refractivity contribution in [1.82, 2.24) is 39.7 Å². The van der Waals surface area contributed by atoms with Crippen LogP contribution in [-0.4, -0.2) is 124 Å². The summed E-state index contributed by atoms with van der Waals surface area (Å²) in [6, 6.07) is 13.4. The van der Waals surface area contributed by atoms with Crippen LogP contribution in [0.4, 0.5) is 4.79 Å². The van der Waals surface area contributed by atoms with Crippen LogP contribution in [0.25, 0.3) is 21.8 Å². The minimum Gasteiger partial charge on any atom is -0.442 e. The van der Waals surface area contributed by atoms with Crippen LogP contribution in [0, 0.1) is 6.92 Å². The highest BCUT2D eigenvalue weighted by Gasteiger charge is 2.34. The van der Waals surface area contributed by atoms with E-state index < -0.39 is 6.04 Å². The topological polar surface area (TPSA) is 136 Å². The van der Waals surface area contributed by atoms with E-state index >= 15 is 0 Å². The third kappa shape index (κ3) is 14.6. The number of esters is 1. The maximum atomic E-state index is 14.5. The van der Waals surface area contributed by atoms with Crippen molar-refractivity contribution in [2.75, 3.05) is 59.4 Å². The Morgan fingerprint density at radius 3 is 2.07 bits per heavy atom. The van der Waals surface area contributed by atoms with Crippen LogP contribution in [-0.2, 0) is 27.5 Å². The molecule has 0 saturated carbocycles. The number of para-hydroxylation sites is 1. The third-order valence-electron chi connectivity index (χ3n) is 14.9. The average Bonchev–Trinajstić information content (AvgIpc) is 3.77. The van der Waals surface area contributed by atoms with E-state index in [0.717, 1.165) is 96.8 Å². The SMILES string of the molecule is CCCCCCCCCCCCCCCCC(=O)OCn1cc2cc(CC(NC(=O)N3CCC(c4cc5ccccc5[nH]c4=O)CC3)C(=O)N3CCN(C4CCN(C)CC4)CC3)cc(C)c2n1. The maximum absolute atomic E-state index is 14.5. The fourth-order valence-corrected chi connectivity index (χ4v) is 10.7. The van der Waals surface area contributed by atoms with E-state index in [1.54, 1.807) is 9.58 Å². The largest absolute Gasteiger partial charge is 0.442 e. The molecule has 3 aliphatic rings. The zero-order valence-electron chi connectivity index (χ0n) is 41.1. The van der Waals surface area contributed by atoms with Gasteiger partial charge in [0, 0.05) is 80.8 Å². The summed E-state index contributed by atoms with van der Waals surface area (Å²) in [5.41, 5.74) is 4.21. The van der Waals surface area contributed by atoms with E-state index in [0.29, 0.717) is 57.9 Å². The second-order valence-corrected chi connectivity index (χ2v) is 20.0. The molecular weight excluding hydrogens is 841 g/mol. The molecule has 3 saturated heterocycles. The summed E-state index contributed by atoms with van der Waals surface area (Å²) >= 11 is 0. The number of rotatable bonds is 23. The minimum atomic E-state index is -0.758. The van der Waals surface area contributed by atoms with Crippen LogP contribution < -0.4 is 10.9 Å². The van der Waals surface area contributed by atoms with Gasteiger partial charge in [-0.3, -0.25) is 19.3 Å². The quantitative estimate of drug-likeness (QED) is 0.0556. The van der Waals surface area contributed by atoms with Crippen LogP contribution >= 0.6 is 0 Å². The average molecular weight is 921 g/mol. The molecule has 1 atom stereocenters. The Labute approximate surface area is 399 Å². The van der Waals surface area contributed by atoms with Crippen LogP contribution in [0.1, 0.15) is 152 Å². The number of piperidine rings is 2. The van der Waals surface area contributed by atoms with Gasteiger partial charge in [0.25, 0.3) is 5.56 Å². The van der Waals surface area contributed by atoms with E-state index in [4.69, 9.17) is 9.84 Å². The van der Waals surface area contributed by atoms with Crippen LogP contribution in [0.2, 0.25) is 0 Å². The number of unbranched alkanes of at least 4 members (excludes halogenated alkanes) is 13. The maximum Gasteiger partial charge on any atom is 0.318 e. The molecule has 3 amide bonds. The number of urea groups is 1. The number of H-pyrrole nitrogens is 1. The van der Waals surface area contributed by atoms with Gasteiger partial charge in [-0.2, -0.15) is 5.10 Å². The molecule has 0 aliphatic carbocycles. The zero-order valence-corrected chi connectivity index (χ0v) is 41.1. The van der Waals surface area contributed by atoms with E-state index in [9.17, 15) is 19.2 Å². The molecule has 13 heteroatoms. The minimum absolute atomic E-state index is 0.0451. The number of aromatic nitrogens is 3. The molecule has 5 heterocycles. The number of amides is 3. The Morgan fingerprint density at radius 2 is 1.40 bits per heavy atom. The van der Waals surface area contributed by atoms with Gasteiger partial charge in [0.05, 0.1) is 5.52 Å². The summed E-state index contributed by atoms with van der Waals surface area (Å²) in [6.45, 7) is 10.4. The summed E-state index contributed by atoms with van der Waals surface area (Å²) in [7, 11) is 2.18. The zero-order chi connectivity index (χ0) is 47.0. The molecule has 0 spiro atoms. The number of carbonyl (C=O) groups excluding carboxylic acids is 3. The number of pyridine rings is 1. The molecule has 13 nitrogen and oxygen atoms in total. The molecule has 67 heavy (non-hydrogen) atoms. The summed E-state index contributed by atoms with van der Waals surface area (Å²) in [5.74, 6) is -0.219. The predicted molar refractivity (Wildman–Crippen MR) is 268 cm³/mol. The summed E-state index contributed by atoms with van der Waals surface area (Å²) in [5, 5.41) is 9.83. The molecule has 4 aromatic rings. The van der Waals surface area contributed by atoms with Gasteiger partial charge < -0.3 is 29.7 Å². The van der Waals surface area contributed by atoms with E-state index in [-0.39, 0.29) is 36.1 Å². The van der Waals surface area contributed by atoms with Gasteiger partial charge in [0.1, 0.15) is 6.04 Å². The number of aromatic amines is 1. The predicted octanol–water partition coefficient (Wildman–Crippen LogP) is 9.30. The van der Waals surface area contributed by atoms with Gasteiger partial charge >= 0.3 is 12.0 Å². The summed E-state index contributed by atoms with van der Waals surface area (Å²) in [6.07, 6.45) is 24.1. The number of likely N-dealkylation sites (tertiary alicyclic amines) is 2. The van der Waals surface area contributed by atoms with Crippen molar-refractivity contribution in [3.8, 4) is 0 Å². The molecule has 2 aromatic carbocycles. The van der Waals surface area contributed by atoms with Crippen LogP contribution in [0.3, 0.4) is 0 Å². The Balaban J connectivity index is 0.909. The smallest absolute Gasteiger partial charge is 0.318 e. The van der Waals surface area contributed by atoms with Gasteiger partial charge in [0.2, 0.25) is 5.91 Å². The molecular formula is C54H80N8O5. The molecule has 2 aromatic heterocycles. The Kier molecular flexibility index (Phi) is 19.1. The first-order chi connectivity index (χ1) is 32.6. The highest BCUT2D eigenvalue weighted by Crippen LogP contribution is 2.28. The van der Waals surface area contributed by atoms with Crippen molar-refractivity contribution in [3.63, 3.8) is 0 Å². The van der Waals surface area contributed by atoms with E-state index in [1.165, 1.54) is 70.6 Å². The van der Waals surface area contributed by atoms with Crippen molar-refractivity contribution >= 4 is 39.7 Å². The number of piperazine rings is 1. The summed E-state index contributed by atoms with van der Waals surface area (Å²) < 4.78 is 7.32. The number of hydrogen-bond donors (Lipinski definition) is 2. The van der Waals surface area contributed by atoms with Gasteiger partial charge in [-0.05, 0) is 99.8 Å². The first kappa shape index (κ1) is 50.1. The highest BCUT2D eigenvalue weighted by molar-refractivity contribution is 5.88. The second kappa shape index (κ2) is 25.6. The van der Waals surface area contributed by atoms with Crippen LogP contribution in [0.15, 0.2) is 53.5 Å². The molecule has 366 valence electrons. The Hall–Kier alpha value is -4.75. The number of nitrogens with one attached hydrogen (secondary N) is 2. The highest BCUT2D eigenvalue weighted by atomic mass is 16.5. The lowest BCUT2D eigenvalue weighted by Gasteiger charge is -2.43. The second-order valence-electron chi connectivity index (χ2n) is 20.0. The van der Waals surface area contributed by atoms with E-state index in [1.807, 2.05) is 54.4 Å². The van der Waals surface area contributed by atoms with Gasteiger partial charge in [0.15, 0.2) is 6.73 Å². The lowest BCUT2D eigenvalue weighted by Crippen LogP contribution is -2.59. The number of benzene rings is 2. The van der Waals surface area contributed by atoms with E-state index in [2.05, 4.69) is 40.1 Å². The Bertz CT molecular complexity index is 2250. The number of fused-ring (bicyclic) bond motifs is 2. The van der Waals surface area contributed by atoms with Gasteiger partial charge in [-0.15, -0.1) is 0 Å². The standard InChI is InChI=1S/C54H80N8O5/c1-4-5-6-7-8-9-10-11-12-13-14-15-16-17-22-50(63)67-40-62-39-45-36-42(35-41(2)51(45)57-62)37-49(53(65)60-33-31-59(32-34-60)46-25-27-58(3)28-26-46)56-54(66)61-29-23-43(24-30-61)47-38-44-20-18-19-21-48(44)55-52(47)64/h18-21,35-36,38-39,43,46,49H,4-17,22-34,37,40H2,1-3H3,(H,55,64)(H,56,66). The molecule has 3 aliphatic heterocycles. The molecule has 0 bridgehead atoms. The number of nitrogens with zero attached hydrogens (tertiary/aromatic N) is 6. The fourth-order valence-electron chi connectivity index (χ4n) is 10.7. The normalized spacial score (nSPS) is 17.4. The first-order valence-corrected chi connectivity index (χ1v) is 26.2. The van der Waals surface area contributed by atoms with Crippen molar-refractivity contribution in [2.24, 2.45) is 0 Å². The lowest BCUT2D eigenvalue weighted by atomic mass is 9.89. The van der Waals surface area contributed by atoms with Crippen LogP contribution in [0.5, 0.6) is 0 Å². The molecule has 3 fully saturated rings. The number of carbonyl (C=O) groups is 3. The van der Waals surface area contributed by atoms with Crippen molar-refractivity contribution in [3.05, 3.63) is 75.7 Å². The molecule has 7 rings (SSSR count). The Morgan fingerprint density at radius 1 is 0.761 bits per heavy atom. The van der Waals surface area contributed by atoms with Crippen molar-refractivity contribution in [1.29, 1.82) is 0 Å². The monoisotopic (exact) mass is 921 g/mol. The molecule has 1 unspecified atom stereocenters. The lowest BCUT2D eigenvalue weighted by molar-refractivity contribution is -0.148. The van der Waals surface area contributed by atoms with Gasteiger partial charge in [-0.1, -0.05) is 115 Å². The number of ether oxygens (including phenoxy) is 1. The van der Waals surface area contributed by atoms with Crippen molar-refractivity contribution < 1.29 is 19.1 Å². The summed E-state index contributed by atoms with van der Waals surface area (Å²) in [4.78, 5) is 66.0. The van der Waals surface area contributed by atoms with Crippen molar-refractivity contribution in [2.45, 2.75) is 167 Å². The molecule has 0 radical (unpaired) electrons.